The number of hydrogen-bond donors (Lipinski definition) is 0. The highest BCUT2D eigenvalue weighted by Gasteiger charge is 1.99. The lowest BCUT2D eigenvalue weighted by Crippen LogP contribution is -2.18. The monoisotopic (exact) mass is 143 g/mol. The van der Waals surface area contributed by atoms with Crippen molar-refractivity contribution in [2.24, 2.45) is 5.92 Å². The summed E-state index contributed by atoms with van der Waals surface area (Å²) in [4.78, 5) is 11.8. The first-order valence-corrected chi connectivity index (χ1v) is 3.86. The van der Waals surface area contributed by atoms with Crippen molar-refractivity contribution in [2.75, 3.05) is 13.6 Å². The Morgan fingerprint density at radius 1 is 1.60 bits per heavy atom. The zero-order valence-electron chi connectivity index (χ0n) is 7.13. The quantitative estimate of drug-likeness (QED) is 0.534. The van der Waals surface area contributed by atoms with Gasteiger partial charge in [0.25, 0.3) is 0 Å². The Hall–Kier alpha value is -0.530. The van der Waals surface area contributed by atoms with E-state index in [1.54, 1.807) is 4.90 Å². The van der Waals surface area contributed by atoms with E-state index in [4.69, 9.17) is 0 Å². The van der Waals surface area contributed by atoms with E-state index < -0.39 is 0 Å². The molecular weight excluding hydrogens is 126 g/mol. The van der Waals surface area contributed by atoms with Crippen LogP contribution in [0.1, 0.15) is 26.7 Å². The molecule has 0 bridgehead atoms. The van der Waals surface area contributed by atoms with Crippen LogP contribution in [0.15, 0.2) is 0 Å². The maximum absolute atomic E-state index is 10.1. The molecule has 0 aliphatic carbocycles. The number of carbonyl (C=O) groups excluding carboxylic acids is 1. The lowest BCUT2D eigenvalue weighted by atomic mass is 10.1. The van der Waals surface area contributed by atoms with E-state index in [1.165, 1.54) is 6.42 Å². The van der Waals surface area contributed by atoms with Crippen LogP contribution in [0.3, 0.4) is 0 Å². The second-order valence-corrected chi connectivity index (χ2v) is 2.89. The molecule has 1 amide bonds. The van der Waals surface area contributed by atoms with Crippen molar-refractivity contribution in [1.82, 2.24) is 4.90 Å². The number of carbonyl (C=O) groups is 1. The van der Waals surface area contributed by atoms with E-state index in [9.17, 15) is 4.79 Å². The van der Waals surface area contributed by atoms with Crippen molar-refractivity contribution in [2.45, 2.75) is 26.7 Å². The number of rotatable bonds is 5. The second-order valence-electron chi connectivity index (χ2n) is 2.89. The maximum Gasteiger partial charge on any atom is 0.209 e. The Balaban J connectivity index is 3.25. The van der Waals surface area contributed by atoms with Gasteiger partial charge in [-0.1, -0.05) is 20.3 Å². The normalized spacial score (nSPS) is 12.7. The molecule has 0 spiro atoms. The fourth-order valence-electron chi connectivity index (χ4n) is 0.681. The molecule has 0 aliphatic heterocycles. The zero-order valence-corrected chi connectivity index (χ0v) is 7.13. The van der Waals surface area contributed by atoms with Crippen LogP contribution in [-0.2, 0) is 4.79 Å². The van der Waals surface area contributed by atoms with Crippen LogP contribution < -0.4 is 0 Å². The van der Waals surface area contributed by atoms with Crippen molar-refractivity contribution in [3.63, 3.8) is 0 Å². The molecule has 0 fully saturated rings. The van der Waals surface area contributed by atoms with Gasteiger partial charge in [-0.15, -0.1) is 0 Å². The number of hydrogen-bond acceptors (Lipinski definition) is 1. The lowest BCUT2D eigenvalue weighted by Gasteiger charge is -2.13. The predicted molar refractivity (Wildman–Crippen MR) is 42.8 cm³/mol. The van der Waals surface area contributed by atoms with E-state index in [0.29, 0.717) is 0 Å². The van der Waals surface area contributed by atoms with Gasteiger partial charge in [-0.05, 0) is 12.3 Å². The minimum absolute atomic E-state index is 0.738. The molecule has 2 heteroatoms. The molecule has 0 aromatic heterocycles. The van der Waals surface area contributed by atoms with Crippen LogP contribution in [0.5, 0.6) is 0 Å². The zero-order chi connectivity index (χ0) is 7.98. The van der Waals surface area contributed by atoms with Gasteiger partial charge in [-0.25, -0.2) is 0 Å². The van der Waals surface area contributed by atoms with Crippen LogP contribution >= 0.6 is 0 Å². The maximum atomic E-state index is 10.1. The molecule has 0 N–H and O–H groups in total. The van der Waals surface area contributed by atoms with E-state index >= 15 is 0 Å². The van der Waals surface area contributed by atoms with Crippen molar-refractivity contribution >= 4 is 6.41 Å². The molecular formula is C8H17NO. The van der Waals surface area contributed by atoms with Crippen molar-refractivity contribution in [3.8, 4) is 0 Å². The Kier molecular flexibility index (Phi) is 4.99. The SMILES string of the molecule is CC[C@@H](C)CCN(C)C=O. The summed E-state index contributed by atoms with van der Waals surface area (Å²) in [5, 5.41) is 0. The van der Waals surface area contributed by atoms with Crippen LogP contribution in [0, 0.1) is 5.92 Å². The van der Waals surface area contributed by atoms with E-state index in [-0.39, 0.29) is 0 Å². The Labute approximate surface area is 63.2 Å². The van der Waals surface area contributed by atoms with Crippen LogP contribution in [0.4, 0.5) is 0 Å². The van der Waals surface area contributed by atoms with Crippen LogP contribution in [0.2, 0.25) is 0 Å². The van der Waals surface area contributed by atoms with E-state index in [1.807, 2.05) is 7.05 Å². The molecule has 1 atom stereocenters. The van der Waals surface area contributed by atoms with Gasteiger partial charge in [0, 0.05) is 13.6 Å². The first-order chi connectivity index (χ1) is 4.70. The fraction of sp³-hybridized carbons (Fsp3) is 0.875. The fourth-order valence-corrected chi connectivity index (χ4v) is 0.681. The summed E-state index contributed by atoms with van der Waals surface area (Å²) in [6.45, 7) is 5.27. The highest BCUT2D eigenvalue weighted by atomic mass is 16.1. The lowest BCUT2D eigenvalue weighted by molar-refractivity contribution is -0.117. The first kappa shape index (κ1) is 9.47. The van der Waals surface area contributed by atoms with Gasteiger partial charge in [-0.2, -0.15) is 0 Å². The average Bonchev–Trinajstić information content (AvgIpc) is 1.99. The molecule has 0 saturated heterocycles. The Morgan fingerprint density at radius 2 is 2.20 bits per heavy atom. The molecule has 0 aliphatic rings. The summed E-state index contributed by atoms with van der Waals surface area (Å²) >= 11 is 0. The predicted octanol–water partition coefficient (Wildman–Crippen LogP) is 1.51. The summed E-state index contributed by atoms with van der Waals surface area (Å²) in [5.41, 5.74) is 0. The minimum atomic E-state index is 0.738. The summed E-state index contributed by atoms with van der Waals surface area (Å²) in [5.74, 6) is 0.738. The first-order valence-electron chi connectivity index (χ1n) is 3.86. The Morgan fingerprint density at radius 3 is 2.60 bits per heavy atom. The summed E-state index contributed by atoms with van der Waals surface area (Å²) < 4.78 is 0. The van der Waals surface area contributed by atoms with Crippen molar-refractivity contribution in [3.05, 3.63) is 0 Å². The van der Waals surface area contributed by atoms with Crippen LogP contribution in [-0.4, -0.2) is 24.9 Å². The third-order valence-electron chi connectivity index (χ3n) is 1.85. The van der Waals surface area contributed by atoms with Gasteiger partial charge in [0.15, 0.2) is 0 Å². The Bertz CT molecular complexity index is 93.3. The van der Waals surface area contributed by atoms with Gasteiger partial charge in [-0.3, -0.25) is 4.79 Å². The van der Waals surface area contributed by atoms with E-state index in [0.717, 1.165) is 25.3 Å². The van der Waals surface area contributed by atoms with Gasteiger partial charge >= 0.3 is 0 Å². The second kappa shape index (κ2) is 5.27. The molecule has 0 rings (SSSR count). The standard InChI is InChI=1S/C8H17NO/c1-4-8(2)5-6-9(3)7-10/h7-8H,4-6H2,1-3H3/t8-/m1/s1. The van der Waals surface area contributed by atoms with Gasteiger partial charge in [0.05, 0.1) is 0 Å². The largest absolute Gasteiger partial charge is 0.348 e. The number of amides is 1. The third-order valence-corrected chi connectivity index (χ3v) is 1.85. The van der Waals surface area contributed by atoms with Crippen molar-refractivity contribution in [1.29, 1.82) is 0 Å². The molecule has 0 unspecified atom stereocenters. The summed E-state index contributed by atoms with van der Waals surface area (Å²) in [6.07, 6.45) is 3.20. The smallest absolute Gasteiger partial charge is 0.209 e. The molecule has 60 valence electrons. The number of nitrogens with zero attached hydrogens (tertiary/aromatic N) is 1. The summed E-state index contributed by atoms with van der Waals surface area (Å²) in [7, 11) is 1.81. The van der Waals surface area contributed by atoms with Crippen molar-refractivity contribution < 1.29 is 4.79 Å². The van der Waals surface area contributed by atoms with Gasteiger partial charge in [0.2, 0.25) is 6.41 Å². The van der Waals surface area contributed by atoms with Gasteiger partial charge in [0.1, 0.15) is 0 Å². The molecule has 0 radical (unpaired) electrons. The molecule has 10 heavy (non-hydrogen) atoms. The molecule has 0 aromatic carbocycles. The highest BCUT2D eigenvalue weighted by molar-refractivity contribution is 5.46. The average molecular weight is 143 g/mol. The molecule has 2 nitrogen and oxygen atoms in total. The molecule has 0 saturated carbocycles. The molecule has 0 heterocycles. The highest BCUT2D eigenvalue weighted by Crippen LogP contribution is 2.05. The van der Waals surface area contributed by atoms with E-state index in [2.05, 4.69) is 13.8 Å². The van der Waals surface area contributed by atoms with Gasteiger partial charge < -0.3 is 4.90 Å². The topological polar surface area (TPSA) is 20.3 Å². The third kappa shape index (κ3) is 4.36. The minimum Gasteiger partial charge on any atom is -0.348 e. The summed E-state index contributed by atoms with van der Waals surface area (Å²) in [6, 6.07) is 0. The van der Waals surface area contributed by atoms with Crippen LogP contribution in [0.25, 0.3) is 0 Å². The molecule has 0 aromatic rings.